The Kier molecular flexibility index (Phi) is 6.86. The van der Waals surface area contributed by atoms with Gasteiger partial charge >= 0.3 is 0 Å². The minimum atomic E-state index is -0.503. The third-order valence-corrected chi connectivity index (χ3v) is 5.54. The van der Waals surface area contributed by atoms with Crippen LogP contribution in [0.3, 0.4) is 0 Å². The Hall–Kier alpha value is -4.86. The lowest BCUT2D eigenvalue weighted by Gasteiger charge is -2.13. The van der Waals surface area contributed by atoms with E-state index in [-0.39, 0.29) is 5.69 Å². The first-order chi connectivity index (χ1) is 17.4. The van der Waals surface area contributed by atoms with E-state index in [1.54, 1.807) is 49.6 Å². The first-order valence-corrected chi connectivity index (χ1v) is 10.7. The summed E-state index contributed by atoms with van der Waals surface area (Å²) in [5.74, 6) is 1.56. The number of nitro benzene ring substituents is 1. The Morgan fingerprint density at radius 2 is 1.47 bits per heavy atom. The molecule has 0 saturated carbocycles. The molecule has 1 aliphatic heterocycles. The average Bonchev–Trinajstić information content (AvgIpc) is 3.23. The van der Waals surface area contributed by atoms with E-state index in [1.807, 2.05) is 0 Å². The molecule has 0 aliphatic carbocycles. The number of nitrogens with zero attached hydrogens (tertiary/aromatic N) is 3. The summed E-state index contributed by atoms with van der Waals surface area (Å²) < 4.78 is 21.5. The topological polar surface area (TPSA) is 113 Å². The average molecular weight is 489 g/mol. The van der Waals surface area contributed by atoms with Crippen molar-refractivity contribution in [1.82, 2.24) is 0 Å². The smallest absolute Gasteiger partial charge is 0.281 e. The van der Waals surface area contributed by atoms with Gasteiger partial charge < -0.3 is 18.9 Å². The van der Waals surface area contributed by atoms with Crippen LogP contribution in [-0.4, -0.2) is 45.0 Å². The van der Waals surface area contributed by atoms with Crippen molar-refractivity contribution >= 4 is 29.1 Å². The van der Waals surface area contributed by atoms with Crippen LogP contribution in [-0.2, 0) is 4.79 Å². The maximum atomic E-state index is 13.6. The maximum absolute atomic E-state index is 13.6. The van der Waals surface area contributed by atoms with Crippen molar-refractivity contribution in [3.8, 4) is 23.0 Å². The number of hydrogen-bond acceptors (Lipinski definition) is 8. The summed E-state index contributed by atoms with van der Waals surface area (Å²) in [5, 5.41) is 16.8. The Bertz CT molecular complexity index is 1340. The monoisotopic (exact) mass is 489 g/mol. The van der Waals surface area contributed by atoms with Crippen LogP contribution in [0.1, 0.15) is 11.1 Å². The maximum Gasteiger partial charge on any atom is 0.281 e. The van der Waals surface area contributed by atoms with Crippen molar-refractivity contribution in [3.63, 3.8) is 0 Å². The molecule has 0 atom stereocenters. The molecule has 3 aromatic carbocycles. The van der Waals surface area contributed by atoms with E-state index in [0.29, 0.717) is 51.1 Å². The minimum absolute atomic E-state index is 0.0852. The summed E-state index contributed by atoms with van der Waals surface area (Å²) in [7, 11) is 6.10. The van der Waals surface area contributed by atoms with Crippen molar-refractivity contribution in [2.24, 2.45) is 5.10 Å². The molecule has 0 N–H and O–H groups in total. The Morgan fingerprint density at radius 1 is 0.861 bits per heavy atom. The summed E-state index contributed by atoms with van der Waals surface area (Å²) in [6, 6.07) is 16.2. The molecule has 0 unspecified atom stereocenters. The lowest BCUT2D eigenvalue weighted by Crippen LogP contribution is -2.21. The number of non-ortho nitro benzene ring substituents is 1. The molecule has 0 radical (unpaired) electrons. The van der Waals surface area contributed by atoms with Gasteiger partial charge in [0.25, 0.3) is 11.6 Å². The highest BCUT2D eigenvalue weighted by molar-refractivity contribution is 6.37. The van der Waals surface area contributed by atoms with Crippen LogP contribution in [0, 0.1) is 10.1 Å². The van der Waals surface area contributed by atoms with Crippen molar-refractivity contribution < 1.29 is 28.7 Å². The fraction of sp³-hybridized carbons (Fsp3) is 0.154. The van der Waals surface area contributed by atoms with Gasteiger partial charge in [0.1, 0.15) is 11.5 Å². The normalized spacial score (nSPS) is 14.0. The Morgan fingerprint density at radius 3 is 1.97 bits per heavy atom. The minimum Gasteiger partial charge on any atom is -0.497 e. The zero-order chi connectivity index (χ0) is 25.8. The molecule has 4 rings (SSSR count). The summed E-state index contributed by atoms with van der Waals surface area (Å²) >= 11 is 0. The first-order valence-electron chi connectivity index (χ1n) is 10.7. The zero-order valence-electron chi connectivity index (χ0n) is 20.1. The summed E-state index contributed by atoms with van der Waals surface area (Å²) in [6.45, 7) is 0. The predicted molar refractivity (Wildman–Crippen MR) is 134 cm³/mol. The number of amides is 1. The van der Waals surface area contributed by atoms with Gasteiger partial charge in [0.05, 0.1) is 44.6 Å². The molecule has 184 valence electrons. The van der Waals surface area contributed by atoms with Gasteiger partial charge in [0, 0.05) is 17.7 Å². The van der Waals surface area contributed by atoms with Crippen molar-refractivity contribution in [3.05, 3.63) is 87.5 Å². The van der Waals surface area contributed by atoms with Gasteiger partial charge in [-0.15, -0.1) is 0 Å². The van der Waals surface area contributed by atoms with Crippen molar-refractivity contribution in [1.29, 1.82) is 0 Å². The molecule has 0 aromatic heterocycles. The molecule has 0 bridgehead atoms. The number of rotatable bonds is 8. The van der Waals surface area contributed by atoms with Gasteiger partial charge in [-0.05, 0) is 60.2 Å². The number of carbonyl (C=O) groups is 1. The summed E-state index contributed by atoms with van der Waals surface area (Å²) in [6.07, 6.45) is 1.68. The number of carbonyl (C=O) groups excluding carboxylic acids is 1. The molecule has 1 heterocycles. The Labute approximate surface area is 207 Å². The molecule has 10 heteroatoms. The highest BCUT2D eigenvalue weighted by atomic mass is 16.6. The van der Waals surface area contributed by atoms with Crippen LogP contribution in [0.15, 0.2) is 71.3 Å². The molecule has 36 heavy (non-hydrogen) atoms. The second-order valence-corrected chi connectivity index (χ2v) is 7.58. The van der Waals surface area contributed by atoms with Gasteiger partial charge in [0.2, 0.25) is 5.75 Å². The zero-order valence-corrected chi connectivity index (χ0v) is 20.1. The molecule has 1 amide bonds. The largest absolute Gasteiger partial charge is 0.497 e. The second-order valence-electron chi connectivity index (χ2n) is 7.58. The molecule has 1 aliphatic rings. The molecule has 0 saturated heterocycles. The Balaban J connectivity index is 1.84. The molecule has 0 spiro atoms. The van der Waals surface area contributed by atoms with Gasteiger partial charge in [-0.2, -0.15) is 10.1 Å². The highest BCUT2D eigenvalue weighted by Gasteiger charge is 2.32. The number of methoxy groups -OCH3 is 4. The fourth-order valence-electron chi connectivity index (χ4n) is 3.75. The molecular formula is C26H23N3O7. The van der Waals surface area contributed by atoms with E-state index in [0.717, 1.165) is 0 Å². The van der Waals surface area contributed by atoms with Crippen LogP contribution in [0.4, 0.5) is 11.4 Å². The summed E-state index contributed by atoms with van der Waals surface area (Å²) in [5.41, 5.74) is 2.36. The van der Waals surface area contributed by atoms with Gasteiger partial charge in [0.15, 0.2) is 11.5 Å². The number of ether oxygens (including phenoxy) is 4. The van der Waals surface area contributed by atoms with Crippen LogP contribution in [0.2, 0.25) is 0 Å². The van der Waals surface area contributed by atoms with Crippen LogP contribution < -0.4 is 24.0 Å². The lowest BCUT2D eigenvalue weighted by molar-refractivity contribution is -0.384. The predicted octanol–water partition coefficient (Wildman–Crippen LogP) is 4.46. The van der Waals surface area contributed by atoms with Crippen molar-refractivity contribution in [2.75, 3.05) is 33.4 Å². The van der Waals surface area contributed by atoms with Crippen LogP contribution >= 0.6 is 0 Å². The van der Waals surface area contributed by atoms with E-state index in [9.17, 15) is 14.9 Å². The third kappa shape index (κ3) is 4.56. The standard InChI is InChI=1S/C26H23N3O7/c1-33-20-11-5-17(6-12-20)24-21(13-16-14-22(34-2)25(36-4)23(15-16)35-3)26(30)28(27-24)18-7-9-19(10-8-18)29(31)32/h5-15H,1-4H3/b21-13-. The SMILES string of the molecule is COc1ccc(C2=NN(c3ccc([N+](=O)[O-])cc3)C(=O)/C2=C\c2cc(OC)c(OC)c(OC)c2)cc1. The number of hydrazone groups is 1. The third-order valence-electron chi connectivity index (χ3n) is 5.54. The van der Waals surface area contributed by atoms with Crippen LogP contribution in [0.5, 0.6) is 23.0 Å². The number of nitro groups is 1. The van der Waals surface area contributed by atoms with E-state index in [2.05, 4.69) is 5.10 Å². The molecule has 10 nitrogen and oxygen atoms in total. The second kappa shape index (κ2) is 10.2. The van der Waals surface area contributed by atoms with E-state index in [1.165, 1.54) is 50.6 Å². The quantitative estimate of drug-likeness (QED) is 0.261. The molecule has 0 fully saturated rings. The van der Waals surface area contributed by atoms with Crippen LogP contribution in [0.25, 0.3) is 6.08 Å². The molecular weight excluding hydrogens is 466 g/mol. The number of hydrogen-bond donors (Lipinski definition) is 0. The van der Waals surface area contributed by atoms with Gasteiger partial charge in [-0.3, -0.25) is 14.9 Å². The lowest BCUT2D eigenvalue weighted by atomic mass is 9.99. The van der Waals surface area contributed by atoms with Gasteiger partial charge in [-0.1, -0.05) is 0 Å². The number of benzene rings is 3. The fourth-order valence-corrected chi connectivity index (χ4v) is 3.75. The van der Waals surface area contributed by atoms with Crippen molar-refractivity contribution in [2.45, 2.75) is 0 Å². The van der Waals surface area contributed by atoms with Gasteiger partial charge in [-0.25, -0.2) is 0 Å². The first kappa shape index (κ1) is 24.3. The van der Waals surface area contributed by atoms with E-state index in [4.69, 9.17) is 18.9 Å². The number of anilines is 1. The van der Waals surface area contributed by atoms with E-state index >= 15 is 0 Å². The highest BCUT2D eigenvalue weighted by Crippen LogP contribution is 2.39. The molecule has 3 aromatic rings. The van der Waals surface area contributed by atoms with E-state index < -0.39 is 10.8 Å². The summed E-state index contributed by atoms with van der Waals surface area (Å²) in [4.78, 5) is 24.1.